The smallest absolute Gasteiger partial charge is 0.160 e. The van der Waals surface area contributed by atoms with Gasteiger partial charge in [-0.2, -0.15) is 5.26 Å². The lowest BCUT2D eigenvalue weighted by molar-refractivity contribution is -0.0722. The highest BCUT2D eigenvalue weighted by Crippen LogP contribution is 2.37. The summed E-state index contributed by atoms with van der Waals surface area (Å²) in [6.45, 7) is 0. The molecule has 1 saturated carbocycles. The minimum absolute atomic E-state index is 0.0778. The first-order valence-corrected chi connectivity index (χ1v) is 6.05. The molecule has 1 fully saturated rings. The van der Waals surface area contributed by atoms with Crippen molar-refractivity contribution in [1.82, 2.24) is 14.6 Å². The molecule has 0 spiro atoms. The topological polar surface area (TPSA) is 63.2 Å². The lowest BCUT2D eigenvalue weighted by Crippen LogP contribution is -2.41. The Labute approximate surface area is 105 Å². The summed E-state index contributed by atoms with van der Waals surface area (Å²) in [6.07, 6.45) is 5.87. The van der Waals surface area contributed by atoms with Crippen LogP contribution in [0, 0.1) is 11.3 Å². The van der Waals surface area contributed by atoms with E-state index in [2.05, 4.69) is 16.3 Å². The van der Waals surface area contributed by atoms with Crippen molar-refractivity contribution in [2.45, 2.75) is 31.3 Å². The second-order valence-corrected chi connectivity index (χ2v) is 4.79. The van der Waals surface area contributed by atoms with Gasteiger partial charge in [0.2, 0.25) is 0 Å². The van der Waals surface area contributed by atoms with E-state index in [1.165, 1.54) is 6.42 Å². The van der Waals surface area contributed by atoms with Gasteiger partial charge in [-0.3, -0.25) is 4.40 Å². The molecule has 0 amide bonds. The predicted molar refractivity (Wildman–Crippen MR) is 65.0 cm³/mol. The van der Waals surface area contributed by atoms with Crippen LogP contribution in [0.3, 0.4) is 0 Å². The third-order valence-corrected chi connectivity index (χ3v) is 3.78. The molecule has 0 atom stereocenters. The number of aromatic nitrogens is 3. The van der Waals surface area contributed by atoms with Gasteiger partial charge in [0.05, 0.1) is 11.2 Å². The highest BCUT2D eigenvalue weighted by Gasteiger charge is 2.38. The normalized spacial score (nSPS) is 17.3. The second kappa shape index (κ2) is 4.07. The molecule has 2 aromatic heterocycles. The number of nitrogens with zero attached hydrogens (tertiary/aromatic N) is 4. The Morgan fingerprint density at radius 3 is 2.89 bits per heavy atom. The molecule has 0 N–H and O–H groups in total. The fourth-order valence-electron chi connectivity index (χ4n) is 2.44. The lowest BCUT2D eigenvalue weighted by Gasteiger charge is -2.39. The summed E-state index contributed by atoms with van der Waals surface area (Å²) < 4.78 is 7.49. The number of fused-ring (bicyclic) bond motifs is 1. The number of nitriles is 1. The van der Waals surface area contributed by atoms with Gasteiger partial charge in [0.25, 0.3) is 0 Å². The number of hydrogen-bond acceptors (Lipinski definition) is 4. The molecule has 0 bridgehead atoms. The zero-order valence-corrected chi connectivity index (χ0v) is 10.3. The van der Waals surface area contributed by atoms with Crippen molar-refractivity contribution in [2.75, 3.05) is 7.11 Å². The van der Waals surface area contributed by atoms with Crippen LogP contribution in [0.5, 0.6) is 0 Å². The summed E-state index contributed by atoms with van der Waals surface area (Å²) >= 11 is 0. The van der Waals surface area contributed by atoms with Gasteiger partial charge in [0.1, 0.15) is 11.9 Å². The third-order valence-electron chi connectivity index (χ3n) is 3.78. The molecule has 0 saturated heterocycles. The fraction of sp³-hybridized carbons (Fsp3) is 0.462. The van der Waals surface area contributed by atoms with Crippen molar-refractivity contribution >= 4 is 5.65 Å². The molecule has 0 radical (unpaired) electrons. The van der Waals surface area contributed by atoms with E-state index in [1.54, 1.807) is 19.4 Å². The minimum atomic E-state index is -0.0778. The maximum Gasteiger partial charge on any atom is 0.160 e. The highest BCUT2D eigenvalue weighted by molar-refractivity contribution is 5.42. The lowest BCUT2D eigenvalue weighted by atomic mass is 9.77. The first kappa shape index (κ1) is 11.2. The van der Waals surface area contributed by atoms with Crippen molar-refractivity contribution in [3.8, 4) is 6.07 Å². The van der Waals surface area contributed by atoms with Crippen LogP contribution in [0.1, 0.15) is 30.7 Å². The van der Waals surface area contributed by atoms with Gasteiger partial charge in [-0.05, 0) is 31.4 Å². The van der Waals surface area contributed by atoms with Crippen LogP contribution < -0.4 is 0 Å². The third kappa shape index (κ3) is 1.66. The zero-order chi connectivity index (χ0) is 12.6. The highest BCUT2D eigenvalue weighted by atomic mass is 16.5. The average molecular weight is 242 g/mol. The van der Waals surface area contributed by atoms with Crippen molar-refractivity contribution in [1.29, 1.82) is 5.26 Å². The maximum atomic E-state index is 8.93. The van der Waals surface area contributed by atoms with Crippen molar-refractivity contribution in [2.24, 2.45) is 0 Å². The molecule has 92 valence electrons. The van der Waals surface area contributed by atoms with Crippen LogP contribution in [0.4, 0.5) is 0 Å². The van der Waals surface area contributed by atoms with E-state index in [0.717, 1.165) is 30.7 Å². The molecule has 0 aliphatic heterocycles. The average Bonchev–Trinajstić information content (AvgIpc) is 2.76. The van der Waals surface area contributed by atoms with Gasteiger partial charge in [-0.25, -0.2) is 0 Å². The SMILES string of the molecule is COC1(Cc2nnc3ccc(C#N)cn23)CCC1. The summed E-state index contributed by atoms with van der Waals surface area (Å²) in [6, 6.07) is 5.70. The Kier molecular flexibility index (Phi) is 2.53. The minimum Gasteiger partial charge on any atom is -0.378 e. The summed E-state index contributed by atoms with van der Waals surface area (Å²) in [5, 5.41) is 17.3. The Balaban J connectivity index is 1.99. The summed E-state index contributed by atoms with van der Waals surface area (Å²) in [5.41, 5.74) is 1.31. The summed E-state index contributed by atoms with van der Waals surface area (Å²) in [4.78, 5) is 0. The first-order chi connectivity index (χ1) is 8.76. The van der Waals surface area contributed by atoms with E-state index >= 15 is 0 Å². The van der Waals surface area contributed by atoms with E-state index in [0.29, 0.717) is 5.56 Å². The van der Waals surface area contributed by atoms with E-state index in [9.17, 15) is 0 Å². The number of ether oxygens (including phenoxy) is 1. The molecule has 0 unspecified atom stereocenters. The molecule has 1 aliphatic rings. The van der Waals surface area contributed by atoms with Crippen LogP contribution >= 0.6 is 0 Å². The fourth-order valence-corrected chi connectivity index (χ4v) is 2.44. The monoisotopic (exact) mass is 242 g/mol. The van der Waals surface area contributed by atoms with E-state index in [1.807, 2.05) is 10.5 Å². The Hall–Kier alpha value is -1.93. The predicted octanol–water partition coefficient (Wildman–Crippen LogP) is 1.71. The second-order valence-electron chi connectivity index (χ2n) is 4.79. The van der Waals surface area contributed by atoms with Crippen molar-refractivity contribution in [3.05, 3.63) is 29.7 Å². The Bertz CT molecular complexity index is 616. The van der Waals surface area contributed by atoms with E-state index in [4.69, 9.17) is 10.00 Å². The van der Waals surface area contributed by atoms with Gasteiger partial charge in [0, 0.05) is 19.7 Å². The van der Waals surface area contributed by atoms with E-state index < -0.39 is 0 Å². The van der Waals surface area contributed by atoms with Crippen LogP contribution in [0.15, 0.2) is 18.3 Å². The summed E-state index contributed by atoms with van der Waals surface area (Å²) in [7, 11) is 1.75. The molecule has 2 aromatic rings. The van der Waals surface area contributed by atoms with Gasteiger partial charge in [0.15, 0.2) is 5.65 Å². The molecule has 3 rings (SSSR count). The number of rotatable bonds is 3. The molecule has 2 heterocycles. The van der Waals surface area contributed by atoms with Crippen LogP contribution in [0.2, 0.25) is 0 Å². The quantitative estimate of drug-likeness (QED) is 0.822. The molecular formula is C13H14N4O. The Morgan fingerprint density at radius 1 is 1.44 bits per heavy atom. The molecule has 0 aromatic carbocycles. The van der Waals surface area contributed by atoms with E-state index in [-0.39, 0.29) is 5.60 Å². The largest absolute Gasteiger partial charge is 0.378 e. The number of hydrogen-bond donors (Lipinski definition) is 0. The van der Waals surface area contributed by atoms with Gasteiger partial charge >= 0.3 is 0 Å². The first-order valence-electron chi connectivity index (χ1n) is 6.05. The number of pyridine rings is 1. The van der Waals surface area contributed by atoms with Crippen molar-refractivity contribution in [3.63, 3.8) is 0 Å². The van der Waals surface area contributed by atoms with Crippen LogP contribution in [0.25, 0.3) is 5.65 Å². The number of methoxy groups -OCH3 is 1. The molecule has 1 aliphatic carbocycles. The molecule has 5 heteroatoms. The Morgan fingerprint density at radius 2 is 2.28 bits per heavy atom. The molecule has 18 heavy (non-hydrogen) atoms. The van der Waals surface area contributed by atoms with Gasteiger partial charge in [-0.1, -0.05) is 0 Å². The zero-order valence-electron chi connectivity index (χ0n) is 10.3. The van der Waals surface area contributed by atoms with Gasteiger partial charge in [-0.15, -0.1) is 10.2 Å². The molecular weight excluding hydrogens is 228 g/mol. The van der Waals surface area contributed by atoms with Crippen molar-refractivity contribution < 1.29 is 4.74 Å². The summed E-state index contributed by atoms with van der Waals surface area (Å²) in [5.74, 6) is 0.864. The van der Waals surface area contributed by atoms with Crippen LogP contribution in [-0.2, 0) is 11.2 Å². The standard InChI is InChI=1S/C13H14N4O/c1-18-13(5-2-6-13)7-12-16-15-11-4-3-10(8-14)9-17(11)12/h3-4,9H,2,5-7H2,1H3. The van der Waals surface area contributed by atoms with Crippen LogP contribution in [-0.4, -0.2) is 27.3 Å². The maximum absolute atomic E-state index is 8.93. The molecule has 5 nitrogen and oxygen atoms in total. The van der Waals surface area contributed by atoms with Gasteiger partial charge < -0.3 is 4.74 Å².